The van der Waals surface area contributed by atoms with E-state index >= 15 is 0 Å². The molecule has 1 spiro atoms. The summed E-state index contributed by atoms with van der Waals surface area (Å²) in [6.07, 6.45) is -3.04. The molecule has 1 N–H and O–H groups in total. The van der Waals surface area contributed by atoms with Gasteiger partial charge in [0.25, 0.3) is 11.7 Å². The number of benzene rings is 1. The minimum atomic E-state index is -4.94. The first kappa shape index (κ1) is 28.0. The van der Waals surface area contributed by atoms with E-state index in [4.69, 9.17) is 9.47 Å². The van der Waals surface area contributed by atoms with Crippen LogP contribution in [0, 0.1) is 5.92 Å². The fraction of sp³-hybridized carbons (Fsp3) is 0.571. The van der Waals surface area contributed by atoms with Crippen LogP contribution >= 0.6 is 0 Å². The Bertz CT molecular complexity index is 1190. The van der Waals surface area contributed by atoms with Gasteiger partial charge in [-0.1, -0.05) is 13.8 Å². The maximum atomic E-state index is 13.4. The van der Waals surface area contributed by atoms with Crippen molar-refractivity contribution < 1.29 is 32.2 Å². The van der Waals surface area contributed by atoms with E-state index in [9.17, 15) is 22.8 Å². The van der Waals surface area contributed by atoms with E-state index in [0.29, 0.717) is 61.2 Å². The number of nitrogens with one attached hydrogen (secondary N) is 1. The number of aromatic nitrogens is 1. The normalized spacial score (nSPS) is 18.4. The van der Waals surface area contributed by atoms with Gasteiger partial charge in [-0.15, -0.1) is 0 Å². The van der Waals surface area contributed by atoms with Gasteiger partial charge >= 0.3 is 6.18 Å². The van der Waals surface area contributed by atoms with E-state index in [1.165, 1.54) is 17.7 Å². The monoisotopic (exact) mass is 535 g/mol. The van der Waals surface area contributed by atoms with Crippen LogP contribution in [0.3, 0.4) is 0 Å². The molecule has 1 aromatic carbocycles. The Labute approximate surface area is 221 Å². The lowest BCUT2D eigenvalue weighted by atomic mass is 9.79. The summed E-state index contributed by atoms with van der Waals surface area (Å²) in [4.78, 5) is 27.2. The summed E-state index contributed by atoms with van der Waals surface area (Å²) in [5.74, 6) is -0.405. The number of piperidine rings is 1. The van der Waals surface area contributed by atoms with Gasteiger partial charge in [-0.2, -0.15) is 13.2 Å². The first-order chi connectivity index (χ1) is 17.8. The summed E-state index contributed by atoms with van der Waals surface area (Å²) in [6.45, 7) is 9.66. The van der Waals surface area contributed by atoms with Crippen molar-refractivity contribution in [3.8, 4) is 11.5 Å². The Kier molecular flexibility index (Phi) is 7.58. The lowest BCUT2D eigenvalue weighted by Gasteiger charge is -2.51. The molecule has 38 heavy (non-hydrogen) atoms. The van der Waals surface area contributed by atoms with Gasteiger partial charge in [0.15, 0.2) is 11.5 Å². The van der Waals surface area contributed by atoms with Crippen LogP contribution in [0.4, 0.5) is 13.2 Å². The average Bonchev–Trinajstić information content (AvgIpc) is 3.26. The smallest absolute Gasteiger partial charge is 0.456 e. The number of alkyl halides is 3. The minimum Gasteiger partial charge on any atom is -0.493 e. The number of carbonyl (C=O) groups excluding carboxylic acids is 2. The van der Waals surface area contributed by atoms with Gasteiger partial charge in [-0.3, -0.25) is 14.9 Å². The molecule has 1 aromatic heterocycles. The number of amides is 1. The predicted molar refractivity (Wildman–Crippen MR) is 137 cm³/mol. The van der Waals surface area contributed by atoms with Crippen LogP contribution in [-0.4, -0.2) is 59.7 Å². The fourth-order valence-corrected chi connectivity index (χ4v) is 5.53. The van der Waals surface area contributed by atoms with Gasteiger partial charge in [0, 0.05) is 36.4 Å². The summed E-state index contributed by atoms with van der Waals surface area (Å²) in [5, 5.41) is 3.62. The summed E-state index contributed by atoms with van der Waals surface area (Å²) >= 11 is 0. The molecule has 7 nitrogen and oxygen atoms in total. The topological polar surface area (TPSA) is 72.8 Å². The van der Waals surface area contributed by atoms with E-state index in [1.54, 1.807) is 29.2 Å². The van der Waals surface area contributed by atoms with E-state index in [2.05, 4.69) is 19.2 Å². The summed E-state index contributed by atoms with van der Waals surface area (Å²) in [5.41, 5.74) is -0.400. The zero-order valence-electron chi connectivity index (χ0n) is 22.6. The molecular formula is C28H36F3N3O4. The molecule has 0 radical (unpaired) electrons. The quantitative estimate of drug-likeness (QED) is 0.495. The number of nitrogens with zero attached hydrogens (tertiary/aromatic N) is 2. The fourth-order valence-electron chi connectivity index (χ4n) is 5.53. The molecule has 0 atom stereocenters. The van der Waals surface area contributed by atoms with Crippen LogP contribution in [0.5, 0.6) is 11.5 Å². The zero-order chi connectivity index (χ0) is 27.9. The van der Waals surface area contributed by atoms with Crippen molar-refractivity contribution in [3.63, 3.8) is 0 Å². The first-order valence-electron chi connectivity index (χ1n) is 13.0. The molecule has 3 heterocycles. The number of ether oxygens (including phenoxy) is 2. The highest BCUT2D eigenvalue weighted by atomic mass is 19.4. The summed E-state index contributed by atoms with van der Waals surface area (Å²) in [7, 11) is 1.53. The standard InChI is InChI=1S/C28H36F3N3O4/c1-18(2)10-15-38-21-8-6-19(16-22(21)37-5)25(36)33-13-11-27(12-14-33)23-9-7-20(24(35)28(29,30)31)34(23)17-26(3,4)32-27/h6-9,16,18,32H,10-15,17H2,1-5H3. The number of halogens is 3. The number of fused-ring (bicyclic) bond motifs is 2. The van der Waals surface area contributed by atoms with E-state index in [0.717, 1.165) is 6.42 Å². The van der Waals surface area contributed by atoms with Crippen molar-refractivity contribution in [2.45, 2.75) is 70.8 Å². The van der Waals surface area contributed by atoms with Crippen LogP contribution in [-0.2, 0) is 12.1 Å². The maximum Gasteiger partial charge on any atom is 0.456 e. The minimum absolute atomic E-state index is 0.148. The summed E-state index contributed by atoms with van der Waals surface area (Å²) < 4.78 is 52.5. The molecule has 0 aliphatic carbocycles. The third-order valence-corrected chi connectivity index (χ3v) is 7.36. The van der Waals surface area contributed by atoms with E-state index < -0.39 is 23.0 Å². The van der Waals surface area contributed by atoms with Crippen LogP contribution in [0.25, 0.3) is 0 Å². The first-order valence-corrected chi connectivity index (χ1v) is 13.0. The Hall–Kier alpha value is -3.01. The number of hydrogen-bond acceptors (Lipinski definition) is 5. The molecule has 10 heteroatoms. The number of rotatable bonds is 7. The Balaban J connectivity index is 1.52. The molecule has 0 unspecified atom stereocenters. The molecule has 0 saturated carbocycles. The highest BCUT2D eigenvalue weighted by molar-refractivity contribution is 5.99. The molecule has 4 rings (SSSR count). The molecular weight excluding hydrogens is 499 g/mol. The van der Waals surface area contributed by atoms with Crippen LogP contribution in [0.1, 0.15) is 73.5 Å². The molecule has 1 amide bonds. The van der Waals surface area contributed by atoms with Gasteiger partial charge in [0.1, 0.15) is 0 Å². The van der Waals surface area contributed by atoms with Gasteiger partial charge in [-0.25, -0.2) is 0 Å². The second-order valence-corrected chi connectivity index (χ2v) is 11.3. The molecule has 2 aliphatic rings. The van der Waals surface area contributed by atoms with Crippen molar-refractivity contribution in [3.05, 3.63) is 47.3 Å². The number of Topliss-reactive ketones (excluding diaryl/α,β-unsaturated/α-hetero) is 1. The number of carbonyl (C=O) groups is 2. The largest absolute Gasteiger partial charge is 0.493 e. The van der Waals surface area contributed by atoms with Gasteiger partial charge in [-0.05, 0) is 69.4 Å². The highest BCUT2D eigenvalue weighted by Gasteiger charge is 2.49. The predicted octanol–water partition coefficient (Wildman–Crippen LogP) is 5.18. The second-order valence-electron chi connectivity index (χ2n) is 11.3. The number of methoxy groups -OCH3 is 1. The van der Waals surface area contributed by atoms with E-state index in [-0.39, 0.29) is 18.1 Å². The second kappa shape index (κ2) is 10.3. The van der Waals surface area contributed by atoms with Crippen molar-refractivity contribution in [1.82, 2.24) is 14.8 Å². The van der Waals surface area contributed by atoms with Crippen LogP contribution < -0.4 is 14.8 Å². The maximum absolute atomic E-state index is 13.4. The van der Waals surface area contributed by atoms with Crippen molar-refractivity contribution in [2.75, 3.05) is 26.8 Å². The Morgan fingerprint density at radius 1 is 1.08 bits per heavy atom. The van der Waals surface area contributed by atoms with Crippen molar-refractivity contribution >= 4 is 11.7 Å². The van der Waals surface area contributed by atoms with Gasteiger partial charge in [0.05, 0.1) is 24.9 Å². The molecule has 1 saturated heterocycles. The average molecular weight is 536 g/mol. The molecule has 2 aromatic rings. The van der Waals surface area contributed by atoms with E-state index in [1.807, 2.05) is 13.8 Å². The van der Waals surface area contributed by atoms with Gasteiger partial charge in [0.2, 0.25) is 0 Å². The lowest BCUT2D eigenvalue weighted by molar-refractivity contribution is -0.0892. The third kappa shape index (κ3) is 5.55. The van der Waals surface area contributed by atoms with Crippen molar-refractivity contribution in [1.29, 1.82) is 0 Å². The SMILES string of the molecule is COc1cc(C(=O)N2CCC3(CC2)NC(C)(C)Cn2c(C(=O)C(F)(F)F)ccc23)ccc1OCCC(C)C. The zero-order valence-corrected chi connectivity index (χ0v) is 22.6. The Morgan fingerprint density at radius 3 is 2.37 bits per heavy atom. The highest BCUT2D eigenvalue weighted by Crippen LogP contribution is 2.41. The molecule has 0 bridgehead atoms. The molecule has 208 valence electrons. The van der Waals surface area contributed by atoms with Crippen LogP contribution in [0.2, 0.25) is 0 Å². The van der Waals surface area contributed by atoms with Crippen LogP contribution in [0.15, 0.2) is 30.3 Å². The molecule has 1 fully saturated rings. The number of likely N-dealkylation sites (tertiary alicyclic amines) is 1. The Morgan fingerprint density at radius 2 is 1.76 bits per heavy atom. The molecule has 2 aliphatic heterocycles. The lowest BCUT2D eigenvalue weighted by Crippen LogP contribution is -2.63. The van der Waals surface area contributed by atoms with Crippen molar-refractivity contribution in [2.24, 2.45) is 5.92 Å². The third-order valence-electron chi connectivity index (χ3n) is 7.36. The number of ketones is 1. The summed E-state index contributed by atoms with van der Waals surface area (Å²) in [6, 6.07) is 8.03. The van der Waals surface area contributed by atoms with Gasteiger partial charge < -0.3 is 18.9 Å². The number of hydrogen-bond donors (Lipinski definition) is 1.